The van der Waals surface area contributed by atoms with Crippen LogP contribution in [-0.2, 0) is 9.59 Å². The van der Waals surface area contributed by atoms with Gasteiger partial charge in [0.2, 0.25) is 5.91 Å². The summed E-state index contributed by atoms with van der Waals surface area (Å²) in [4.78, 5) is 22.7. The standard InChI is InChI=1S/C14H19NO3/c1-2-3-12(14(17)18)15-13(16)8-11-7-9-4-5-10(11)6-9/h1,9-12H,3-8H2,(H,15,16)(H,17,18). The second kappa shape index (κ2) is 5.43. The first-order valence-electron chi connectivity index (χ1n) is 6.55. The second-order valence-electron chi connectivity index (χ2n) is 5.51. The third-order valence-electron chi connectivity index (χ3n) is 4.29. The highest BCUT2D eigenvalue weighted by molar-refractivity contribution is 5.83. The number of terminal acetylenes is 1. The quantitative estimate of drug-likeness (QED) is 0.724. The molecule has 4 atom stereocenters. The third kappa shape index (κ3) is 2.84. The first-order valence-corrected chi connectivity index (χ1v) is 6.55. The Hall–Kier alpha value is -1.50. The van der Waals surface area contributed by atoms with Crippen LogP contribution in [0.4, 0.5) is 0 Å². The van der Waals surface area contributed by atoms with E-state index in [2.05, 4.69) is 11.2 Å². The third-order valence-corrected chi connectivity index (χ3v) is 4.29. The molecular weight excluding hydrogens is 230 g/mol. The van der Waals surface area contributed by atoms with Crippen molar-refractivity contribution in [1.29, 1.82) is 0 Å². The summed E-state index contributed by atoms with van der Waals surface area (Å²) >= 11 is 0. The number of nitrogens with one attached hydrogen (secondary N) is 1. The van der Waals surface area contributed by atoms with Gasteiger partial charge in [0.1, 0.15) is 6.04 Å². The summed E-state index contributed by atoms with van der Waals surface area (Å²) in [5.41, 5.74) is 0. The molecule has 0 heterocycles. The maximum atomic E-state index is 11.8. The lowest BCUT2D eigenvalue weighted by atomic mass is 9.86. The number of rotatable bonds is 5. The smallest absolute Gasteiger partial charge is 0.327 e. The molecular formula is C14H19NO3. The Labute approximate surface area is 107 Å². The number of hydrogen-bond acceptors (Lipinski definition) is 2. The van der Waals surface area contributed by atoms with Crippen molar-refractivity contribution < 1.29 is 14.7 Å². The van der Waals surface area contributed by atoms with Crippen LogP contribution in [0.25, 0.3) is 0 Å². The van der Waals surface area contributed by atoms with Gasteiger partial charge in [-0.3, -0.25) is 4.79 Å². The summed E-state index contributed by atoms with van der Waals surface area (Å²) in [6, 6.07) is -0.943. The Kier molecular flexibility index (Phi) is 3.90. The summed E-state index contributed by atoms with van der Waals surface area (Å²) in [5, 5.41) is 11.4. The molecule has 4 nitrogen and oxygen atoms in total. The van der Waals surface area contributed by atoms with Gasteiger partial charge >= 0.3 is 5.97 Å². The average molecular weight is 249 g/mol. The Morgan fingerprint density at radius 1 is 1.39 bits per heavy atom. The van der Waals surface area contributed by atoms with E-state index >= 15 is 0 Å². The zero-order valence-electron chi connectivity index (χ0n) is 10.4. The van der Waals surface area contributed by atoms with Gasteiger partial charge < -0.3 is 10.4 Å². The molecule has 0 saturated heterocycles. The van der Waals surface area contributed by atoms with E-state index in [9.17, 15) is 9.59 Å². The van der Waals surface area contributed by atoms with Gasteiger partial charge in [-0.2, -0.15) is 0 Å². The fourth-order valence-corrected chi connectivity index (χ4v) is 3.44. The number of fused-ring (bicyclic) bond motifs is 2. The van der Waals surface area contributed by atoms with Crippen molar-refractivity contribution in [2.75, 3.05) is 0 Å². The number of hydrogen-bond donors (Lipinski definition) is 2. The van der Waals surface area contributed by atoms with Crippen molar-refractivity contribution in [2.45, 2.75) is 44.6 Å². The topological polar surface area (TPSA) is 66.4 Å². The number of carbonyl (C=O) groups is 2. The molecule has 4 unspecified atom stereocenters. The minimum Gasteiger partial charge on any atom is -0.480 e. The number of aliphatic carboxylic acids is 1. The summed E-state index contributed by atoms with van der Waals surface area (Å²) < 4.78 is 0. The Bertz CT molecular complexity index is 385. The highest BCUT2D eigenvalue weighted by atomic mass is 16.4. The van der Waals surface area contributed by atoms with Crippen molar-refractivity contribution in [3.05, 3.63) is 0 Å². The fraction of sp³-hybridized carbons (Fsp3) is 0.714. The van der Waals surface area contributed by atoms with E-state index in [1.54, 1.807) is 0 Å². The first-order chi connectivity index (χ1) is 8.60. The van der Waals surface area contributed by atoms with Gasteiger partial charge in [-0.1, -0.05) is 6.42 Å². The van der Waals surface area contributed by atoms with E-state index in [0.717, 1.165) is 12.3 Å². The van der Waals surface area contributed by atoms with Crippen LogP contribution in [0, 0.1) is 30.1 Å². The molecule has 2 aliphatic carbocycles. The summed E-state index contributed by atoms with van der Waals surface area (Å²) in [6.07, 6.45) is 10.5. The van der Waals surface area contributed by atoms with E-state index in [1.807, 2.05) is 0 Å². The lowest BCUT2D eigenvalue weighted by Crippen LogP contribution is -2.41. The zero-order chi connectivity index (χ0) is 13.1. The molecule has 0 spiro atoms. The molecule has 18 heavy (non-hydrogen) atoms. The molecule has 2 saturated carbocycles. The molecule has 98 valence electrons. The SMILES string of the molecule is C#CCC(NC(=O)CC1CC2CCC1C2)C(=O)O. The van der Waals surface area contributed by atoms with Gasteiger partial charge in [0.05, 0.1) is 0 Å². The summed E-state index contributed by atoms with van der Waals surface area (Å²) in [5.74, 6) is 2.97. The maximum Gasteiger partial charge on any atom is 0.327 e. The summed E-state index contributed by atoms with van der Waals surface area (Å²) in [6.45, 7) is 0. The highest BCUT2D eigenvalue weighted by Gasteiger charge is 2.40. The molecule has 1 amide bonds. The van der Waals surface area contributed by atoms with Crippen molar-refractivity contribution in [3.63, 3.8) is 0 Å². The largest absolute Gasteiger partial charge is 0.480 e. The first kappa shape index (κ1) is 12.9. The van der Waals surface area contributed by atoms with Gasteiger partial charge in [0.15, 0.2) is 0 Å². The number of amides is 1. The van der Waals surface area contributed by atoms with Crippen molar-refractivity contribution in [2.24, 2.45) is 17.8 Å². The molecule has 2 fully saturated rings. The molecule has 0 aromatic heterocycles. The van der Waals surface area contributed by atoms with Crippen molar-refractivity contribution in [1.82, 2.24) is 5.32 Å². The van der Waals surface area contributed by atoms with E-state index < -0.39 is 12.0 Å². The van der Waals surface area contributed by atoms with Gasteiger partial charge in [0.25, 0.3) is 0 Å². The Balaban J connectivity index is 1.81. The lowest BCUT2D eigenvalue weighted by Gasteiger charge is -2.21. The van der Waals surface area contributed by atoms with Crippen LogP contribution >= 0.6 is 0 Å². The van der Waals surface area contributed by atoms with Crippen LogP contribution in [0.15, 0.2) is 0 Å². The molecule has 2 N–H and O–H groups in total. The van der Waals surface area contributed by atoms with Crippen LogP contribution in [0.5, 0.6) is 0 Å². The fourth-order valence-electron chi connectivity index (χ4n) is 3.44. The van der Waals surface area contributed by atoms with Gasteiger partial charge in [-0.25, -0.2) is 4.79 Å². The minimum absolute atomic E-state index is 0.0395. The van der Waals surface area contributed by atoms with E-state index in [4.69, 9.17) is 11.5 Å². The van der Waals surface area contributed by atoms with Crippen molar-refractivity contribution in [3.8, 4) is 12.3 Å². The highest BCUT2D eigenvalue weighted by Crippen LogP contribution is 2.49. The van der Waals surface area contributed by atoms with Gasteiger partial charge in [-0.15, -0.1) is 12.3 Å². The number of carboxylic acids is 1. The Morgan fingerprint density at radius 3 is 2.67 bits per heavy atom. The van der Waals surface area contributed by atoms with Crippen LogP contribution < -0.4 is 5.32 Å². The summed E-state index contributed by atoms with van der Waals surface area (Å²) in [7, 11) is 0. The zero-order valence-corrected chi connectivity index (χ0v) is 10.4. The molecule has 2 bridgehead atoms. The molecule has 0 aliphatic heterocycles. The van der Waals surface area contributed by atoms with Gasteiger partial charge in [-0.05, 0) is 37.0 Å². The predicted octanol–water partition coefficient (Wildman–Crippen LogP) is 1.41. The molecule has 2 aliphatic rings. The Morgan fingerprint density at radius 2 is 2.17 bits per heavy atom. The monoisotopic (exact) mass is 249 g/mol. The molecule has 4 heteroatoms. The minimum atomic E-state index is -1.06. The van der Waals surface area contributed by atoms with Gasteiger partial charge in [0, 0.05) is 12.8 Å². The van der Waals surface area contributed by atoms with E-state index in [0.29, 0.717) is 18.3 Å². The van der Waals surface area contributed by atoms with Crippen LogP contribution in [0.2, 0.25) is 0 Å². The number of carbonyl (C=O) groups excluding carboxylic acids is 1. The second-order valence-corrected chi connectivity index (χ2v) is 5.51. The maximum absolute atomic E-state index is 11.8. The molecule has 0 radical (unpaired) electrons. The van der Waals surface area contributed by atoms with E-state index in [-0.39, 0.29) is 12.3 Å². The van der Waals surface area contributed by atoms with E-state index in [1.165, 1.54) is 19.3 Å². The molecule has 0 aromatic carbocycles. The van der Waals surface area contributed by atoms with Crippen LogP contribution in [-0.4, -0.2) is 23.0 Å². The van der Waals surface area contributed by atoms with Crippen LogP contribution in [0.1, 0.15) is 38.5 Å². The average Bonchev–Trinajstić information content (AvgIpc) is 2.90. The lowest BCUT2D eigenvalue weighted by molar-refractivity contribution is -0.141. The normalized spacial score (nSPS) is 30.7. The predicted molar refractivity (Wildman–Crippen MR) is 66.6 cm³/mol. The van der Waals surface area contributed by atoms with Crippen molar-refractivity contribution >= 4 is 11.9 Å². The van der Waals surface area contributed by atoms with Crippen LogP contribution in [0.3, 0.4) is 0 Å². The number of carboxylic acid groups (broad SMARTS) is 1. The molecule has 2 rings (SSSR count). The molecule has 0 aromatic rings.